The van der Waals surface area contributed by atoms with Crippen molar-refractivity contribution < 1.29 is 14.3 Å². The van der Waals surface area contributed by atoms with Crippen LogP contribution in [0, 0.1) is 5.82 Å². The molecule has 0 radical (unpaired) electrons. The lowest BCUT2D eigenvalue weighted by Crippen LogP contribution is -1.98. The number of halogens is 1. The SMILES string of the molecule is CCC(=O)c1ccc2cc(Cc3ccc(F)cc3)cnc2c1O. The molecule has 0 spiro atoms. The summed E-state index contributed by atoms with van der Waals surface area (Å²) in [6.07, 6.45) is 2.63. The van der Waals surface area contributed by atoms with E-state index in [0.717, 1.165) is 16.5 Å². The van der Waals surface area contributed by atoms with Crippen molar-refractivity contribution in [3.63, 3.8) is 0 Å². The van der Waals surface area contributed by atoms with Gasteiger partial charge < -0.3 is 5.11 Å². The van der Waals surface area contributed by atoms with Crippen molar-refractivity contribution in [1.29, 1.82) is 0 Å². The first-order chi connectivity index (χ1) is 11.1. The van der Waals surface area contributed by atoms with Crippen LogP contribution in [-0.2, 0) is 6.42 Å². The normalized spacial score (nSPS) is 10.9. The molecule has 0 aliphatic rings. The molecule has 3 aromatic rings. The Morgan fingerprint density at radius 2 is 1.87 bits per heavy atom. The first-order valence-corrected chi connectivity index (χ1v) is 7.46. The number of Topliss-reactive ketones (excluding diaryl/α,β-unsaturated/α-hetero) is 1. The standard InChI is InChI=1S/C19H16FNO2/c1-2-17(22)16-8-5-14-10-13(11-21-18(14)19(16)23)9-12-3-6-15(20)7-4-12/h3-8,10-11,23H,2,9H2,1H3. The molecule has 0 unspecified atom stereocenters. The van der Waals surface area contributed by atoms with E-state index < -0.39 is 0 Å². The maximum atomic E-state index is 12.9. The zero-order valence-corrected chi connectivity index (χ0v) is 12.7. The summed E-state index contributed by atoms with van der Waals surface area (Å²) in [5.41, 5.74) is 2.67. The molecule has 0 aliphatic carbocycles. The lowest BCUT2D eigenvalue weighted by atomic mass is 10.0. The van der Waals surface area contributed by atoms with Crippen LogP contribution >= 0.6 is 0 Å². The Morgan fingerprint density at radius 1 is 1.13 bits per heavy atom. The van der Waals surface area contributed by atoms with Gasteiger partial charge >= 0.3 is 0 Å². The van der Waals surface area contributed by atoms with Crippen molar-refractivity contribution in [2.75, 3.05) is 0 Å². The Balaban J connectivity index is 1.96. The second kappa shape index (κ2) is 6.16. The molecule has 2 aromatic carbocycles. The van der Waals surface area contributed by atoms with Crippen molar-refractivity contribution in [1.82, 2.24) is 4.98 Å². The van der Waals surface area contributed by atoms with E-state index in [4.69, 9.17) is 0 Å². The van der Waals surface area contributed by atoms with Crippen molar-refractivity contribution >= 4 is 16.7 Å². The second-order valence-corrected chi connectivity index (χ2v) is 5.46. The summed E-state index contributed by atoms with van der Waals surface area (Å²) in [6, 6.07) is 11.7. The molecule has 4 heteroatoms. The van der Waals surface area contributed by atoms with Gasteiger partial charge in [0, 0.05) is 18.0 Å². The number of aromatic nitrogens is 1. The van der Waals surface area contributed by atoms with Gasteiger partial charge in [-0.1, -0.05) is 25.1 Å². The van der Waals surface area contributed by atoms with Crippen LogP contribution in [0.15, 0.2) is 48.7 Å². The molecule has 3 rings (SSSR count). The third-order valence-electron chi connectivity index (χ3n) is 3.83. The first kappa shape index (κ1) is 15.2. The smallest absolute Gasteiger partial charge is 0.166 e. The summed E-state index contributed by atoms with van der Waals surface area (Å²) in [5, 5.41) is 11.0. The van der Waals surface area contributed by atoms with Gasteiger partial charge in [-0.15, -0.1) is 0 Å². The fourth-order valence-electron chi connectivity index (χ4n) is 2.58. The number of phenols is 1. The van der Waals surface area contributed by atoms with Gasteiger partial charge in [0.05, 0.1) is 5.56 Å². The number of rotatable bonds is 4. The van der Waals surface area contributed by atoms with E-state index in [1.165, 1.54) is 12.1 Å². The van der Waals surface area contributed by atoms with E-state index in [-0.39, 0.29) is 17.3 Å². The van der Waals surface area contributed by atoms with Crippen LogP contribution in [0.25, 0.3) is 10.9 Å². The number of phenolic OH excluding ortho intramolecular Hbond substituents is 1. The average Bonchev–Trinajstić information content (AvgIpc) is 2.56. The van der Waals surface area contributed by atoms with E-state index in [9.17, 15) is 14.3 Å². The molecule has 23 heavy (non-hydrogen) atoms. The zero-order chi connectivity index (χ0) is 16.4. The quantitative estimate of drug-likeness (QED) is 0.732. The monoisotopic (exact) mass is 309 g/mol. The van der Waals surface area contributed by atoms with Gasteiger partial charge in [0.1, 0.15) is 11.3 Å². The Bertz CT molecular complexity index is 872. The maximum Gasteiger partial charge on any atom is 0.166 e. The van der Waals surface area contributed by atoms with Crippen molar-refractivity contribution in [2.24, 2.45) is 0 Å². The Hall–Kier alpha value is -2.75. The highest BCUT2D eigenvalue weighted by atomic mass is 19.1. The van der Waals surface area contributed by atoms with Gasteiger partial charge in [-0.05, 0) is 41.8 Å². The van der Waals surface area contributed by atoms with E-state index in [1.807, 2.05) is 6.07 Å². The van der Waals surface area contributed by atoms with Crippen LogP contribution in [0.2, 0.25) is 0 Å². The second-order valence-electron chi connectivity index (χ2n) is 5.46. The number of ketones is 1. The number of nitrogens with zero attached hydrogens (tertiary/aromatic N) is 1. The third kappa shape index (κ3) is 3.06. The van der Waals surface area contributed by atoms with Gasteiger partial charge in [-0.25, -0.2) is 4.39 Å². The zero-order valence-electron chi connectivity index (χ0n) is 12.7. The van der Waals surface area contributed by atoms with E-state index in [2.05, 4.69) is 4.98 Å². The van der Waals surface area contributed by atoms with Gasteiger partial charge in [0.15, 0.2) is 11.5 Å². The van der Waals surface area contributed by atoms with Crippen LogP contribution in [0.4, 0.5) is 4.39 Å². The molecule has 0 amide bonds. The summed E-state index contributed by atoms with van der Waals surface area (Å²) in [4.78, 5) is 16.1. The van der Waals surface area contributed by atoms with E-state index in [0.29, 0.717) is 23.9 Å². The predicted octanol–water partition coefficient (Wildman–Crippen LogP) is 4.26. The van der Waals surface area contributed by atoms with E-state index >= 15 is 0 Å². The Kier molecular flexibility index (Phi) is 4.06. The Labute approximate surface area is 133 Å². The van der Waals surface area contributed by atoms with Crippen LogP contribution in [0.3, 0.4) is 0 Å². The number of carbonyl (C=O) groups is 1. The fourth-order valence-corrected chi connectivity index (χ4v) is 2.58. The molecule has 0 bridgehead atoms. The summed E-state index contributed by atoms with van der Waals surface area (Å²) in [5.74, 6) is -0.437. The molecule has 0 fully saturated rings. The summed E-state index contributed by atoms with van der Waals surface area (Å²) >= 11 is 0. The van der Waals surface area contributed by atoms with Gasteiger partial charge in [0.2, 0.25) is 0 Å². The van der Waals surface area contributed by atoms with Crippen LogP contribution < -0.4 is 0 Å². The molecule has 0 atom stereocenters. The molecule has 1 N–H and O–H groups in total. The first-order valence-electron chi connectivity index (χ1n) is 7.46. The van der Waals surface area contributed by atoms with E-state index in [1.54, 1.807) is 37.4 Å². The minimum atomic E-state index is -0.261. The molecule has 0 saturated carbocycles. The molecular formula is C19H16FNO2. The summed E-state index contributed by atoms with van der Waals surface area (Å²) in [6.45, 7) is 1.76. The highest BCUT2D eigenvalue weighted by Crippen LogP contribution is 2.28. The average molecular weight is 309 g/mol. The van der Waals surface area contributed by atoms with Crippen molar-refractivity contribution in [3.8, 4) is 5.75 Å². The third-order valence-corrected chi connectivity index (χ3v) is 3.83. The molecular weight excluding hydrogens is 293 g/mol. The van der Waals surface area contributed by atoms with Crippen LogP contribution in [-0.4, -0.2) is 15.9 Å². The molecule has 116 valence electrons. The van der Waals surface area contributed by atoms with Gasteiger partial charge in [-0.2, -0.15) is 0 Å². The summed E-state index contributed by atoms with van der Waals surface area (Å²) in [7, 11) is 0. The molecule has 1 aromatic heterocycles. The maximum absolute atomic E-state index is 12.9. The number of carbonyl (C=O) groups excluding carboxylic acids is 1. The minimum Gasteiger partial charge on any atom is -0.505 e. The summed E-state index contributed by atoms with van der Waals surface area (Å²) < 4.78 is 12.9. The molecule has 0 aliphatic heterocycles. The topological polar surface area (TPSA) is 50.2 Å². The number of aromatic hydroxyl groups is 1. The number of benzene rings is 2. The molecule has 3 nitrogen and oxygen atoms in total. The van der Waals surface area contributed by atoms with Crippen LogP contribution in [0.5, 0.6) is 5.75 Å². The van der Waals surface area contributed by atoms with Crippen molar-refractivity contribution in [3.05, 3.63) is 71.2 Å². The predicted molar refractivity (Wildman–Crippen MR) is 87.2 cm³/mol. The lowest BCUT2D eigenvalue weighted by molar-refractivity contribution is 0.0986. The highest BCUT2D eigenvalue weighted by Gasteiger charge is 2.13. The minimum absolute atomic E-state index is 0.0670. The lowest BCUT2D eigenvalue weighted by Gasteiger charge is -2.08. The Morgan fingerprint density at radius 3 is 2.57 bits per heavy atom. The van der Waals surface area contributed by atoms with Crippen molar-refractivity contribution in [2.45, 2.75) is 19.8 Å². The number of hydrogen-bond donors (Lipinski definition) is 1. The fraction of sp³-hybridized carbons (Fsp3) is 0.158. The molecule has 0 saturated heterocycles. The van der Waals surface area contributed by atoms with Gasteiger partial charge in [-0.3, -0.25) is 9.78 Å². The number of pyridine rings is 1. The highest BCUT2D eigenvalue weighted by molar-refractivity contribution is 6.03. The van der Waals surface area contributed by atoms with Gasteiger partial charge in [0.25, 0.3) is 0 Å². The molecule has 1 heterocycles. The largest absolute Gasteiger partial charge is 0.505 e. The van der Waals surface area contributed by atoms with Crippen LogP contribution in [0.1, 0.15) is 34.8 Å². The number of hydrogen-bond acceptors (Lipinski definition) is 3. The number of fused-ring (bicyclic) bond motifs is 1.